The third kappa shape index (κ3) is 4.74. The fraction of sp³-hybridized carbons (Fsp3) is 0.273. The minimum absolute atomic E-state index is 0.117. The van der Waals surface area contributed by atoms with Crippen LogP contribution in [0.5, 0.6) is 0 Å². The van der Waals surface area contributed by atoms with Crippen molar-refractivity contribution in [3.63, 3.8) is 0 Å². The molecule has 1 rings (SSSR count). The van der Waals surface area contributed by atoms with Crippen molar-refractivity contribution in [1.82, 2.24) is 0 Å². The summed E-state index contributed by atoms with van der Waals surface area (Å²) < 4.78 is 5.88. The van der Waals surface area contributed by atoms with E-state index in [2.05, 4.69) is 20.9 Å². The summed E-state index contributed by atoms with van der Waals surface area (Å²) in [5.74, 6) is -0.423. The molecule has 15 heavy (non-hydrogen) atoms. The Labute approximate surface area is 97.3 Å². The van der Waals surface area contributed by atoms with Gasteiger partial charge >= 0.3 is 5.97 Å². The molecule has 0 N–H and O–H groups in total. The summed E-state index contributed by atoms with van der Waals surface area (Å²) in [5, 5.41) is 0. The van der Waals surface area contributed by atoms with E-state index in [1.165, 1.54) is 6.21 Å². The Kier molecular flexibility index (Phi) is 4.49. The molecule has 0 fully saturated rings. The first kappa shape index (κ1) is 11.9. The van der Waals surface area contributed by atoms with Crippen molar-refractivity contribution in [1.29, 1.82) is 0 Å². The number of hydrogen-bond donors (Lipinski definition) is 0. The number of hydrogen-bond acceptors (Lipinski definition) is 3. The summed E-state index contributed by atoms with van der Waals surface area (Å²) >= 11 is 3.31. The fourth-order valence-corrected chi connectivity index (χ4v) is 1.18. The molecule has 0 unspecified atom stereocenters. The molecular formula is C11H12BrNO2. The minimum atomic E-state index is -0.423. The Balaban J connectivity index is 2.57. The van der Waals surface area contributed by atoms with Gasteiger partial charge in [-0.1, -0.05) is 15.9 Å². The second kappa shape index (κ2) is 5.66. The van der Waals surface area contributed by atoms with E-state index >= 15 is 0 Å². The Morgan fingerprint density at radius 1 is 1.40 bits per heavy atom. The molecule has 0 heterocycles. The first-order chi connectivity index (χ1) is 7.08. The number of halogens is 1. The van der Waals surface area contributed by atoms with Crippen LogP contribution in [-0.2, 0) is 9.53 Å². The normalized spacial score (nSPS) is 10.9. The Morgan fingerprint density at radius 2 is 2.00 bits per heavy atom. The molecule has 1 aromatic carbocycles. The first-order valence-electron chi connectivity index (χ1n) is 4.58. The smallest absolute Gasteiger partial charge is 0.349 e. The van der Waals surface area contributed by atoms with E-state index in [0.717, 1.165) is 10.2 Å². The van der Waals surface area contributed by atoms with Gasteiger partial charge in [0.2, 0.25) is 0 Å². The summed E-state index contributed by atoms with van der Waals surface area (Å²) in [5.41, 5.74) is 0.721. The molecule has 0 saturated heterocycles. The van der Waals surface area contributed by atoms with Gasteiger partial charge in [0.05, 0.1) is 11.8 Å². The van der Waals surface area contributed by atoms with E-state index in [-0.39, 0.29) is 6.10 Å². The maximum atomic E-state index is 11.1. The quantitative estimate of drug-likeness (QED) is 0.625. The van der Waals surface area contributed by atoms with Gasteiger partial charge < -0.3 is 4.74 Å². The van der Waals surface area contributed by atoms with Gasteiger partial charge in [-0.3, -0.25) is 0 Å². The van der Waals surface area contributed by atoms with E-state index in [4.69, 9.17) is 4.74 Å². The van der Waals surface area contributed by atoms with Crippen LogP contribution in [0.25, 0.3) is 0 Å². The lowest BCUT2D eigenvalue weighted by Crippen LogP contribution is -2.11. The predicted molar refractivity (Wildman–Crippen MR) is 63.5 cm³/mol. The zero-order valence-electron chi connectivity index (χ0n) is 8.61. The van der Waals surface area contributed by atoms with Crippen molar-refractivity contribution >= 4 is 33.8 Å². The van der Waals surface area contributed by atoms with E-state index in [1.54, 1.807) is 13.8 Å². The molecule has 1 aromatic rings. The van der Waals surface area contributed by atoms with Crippen molar-refractivity contribution in [3.05, 3.63) is 28.7 Å². The highest BCUT2D eigenvalue weighted by molar-refractivity contribution is 9.10. The van der Waals surface area contributed by atoms with Gasteiger partial charge in [-0.2, -0.15) is 0 Å². The fourth-order valence-electron chi connectivity index (χ4n) is 0.917. The van der Waals surface area contributed by atoms with Crippen molar-refractivity contribution in [2.24, 2.45) is 4.99 Å². The van der Waals surface area contributed by atoms with Crippen LogP contribution >= 0.6 is 15.9 Å². The number of rotatable bonds is 3. The number of carbonyl (C=O) groups excluding carboxylic acids is 1. The molecule has 80 valence electrons. The third-order valence-electron chi connectivity index (χ3n) is 1.50. The van der Waals surface area contributed by atoms with Crippen molar-refractivity contribution in [2.75, 3.05) is 0 Å². The zero-order chi connectivity index (χ0) is 11.3. The molecular weight excluding hydrogens is 258 g/mol. The van der Waals surface area contributed by atoms with Gasteiger partial charge in [-0.15, -0.1) is 0 Å². The molecule has 0 aromatic heterocycles. The maximum absolute atomic E-state index is 11.1. The standard InChI is InChI=1S/C11H12BrNO2/c1-8(2)15-11(14)7-13-10-5-3-9(12)4-6-10/h3-8H,1-2H3. The highest BCUT2D eigenvalue weighted by atomic mass is 79.9. The lowest BCUT2D eigenvalue weighted by Gasteiger charge is -2.03. The van der Waals surface area contributed by atoms with Crippen LogP contribution in [0.4, 0.5) is 5.69 Å². The monoisotopic (exact) mass is 269 g/mol. The molecule has 0 spiro atoms. The van der Waals surface area contributed by atoms with Crippen LogP contribution in [0, 0.1) is 0 Å². The van der Waals surface area contributed by atoms with Crippen molar-refractivity contribution in [2.45, 2.75) is 20.0 Å². The maximum Gasteiger partial charge on any atom is 0.349 e. The number of aliphatic imine (C=N–C) groups is 1. The molecule has 0 amide bonds. The van der Waals surface area contributed by atoms with Crippen molar-refractivity contribution < 1.29 is 9.53 Å². The highest BCUT2D eigenvalue weighted by Gasteiger charge is 2.00. The number of esters is 1. The van der Waals surface area contributed by atoms with Gasteiger partial charge in [0.25, 0.3) is 0 Å². The van der Waals surface area contributed by atoms with E-state index in [0.29, 0.717) is 0 Å². The van der Waals surface area contributed by atoms with Crippen LogP contribution in [0.1, 0.15) is 13.8 Å². The Bertz CT molecular complexity index is 357. The summed E-state index contributed by atoms with van der Waals surface area (Å²) in [4.78, 5) is 15.1. The molecule has 0 aliphatic carbocycles. The van der Waals surface area contributed by atoms with Crippen molar-refractivity contribution in [3.8, 4) is 0 Å². The molecule has 4 heteroatoms. The van der Waals surface area contributed by atoms with Crippen LogP contribution in [0.15, 0.2) is 33.7 Å². The van der Waals surface area contributed by atoms with Gasteiger partial charge in [0.15, 0.2) is 0 Å². The summed E-state index contributed by atoms with van der Waals surface area (Å²) in [6.07, 6.45) is 1.07. The molecule has 0 aliphatic heterocycles. The molecule has 0 radical (unpaired) electrons. The van der Waals surface area contributed by atoms with Crippen LogP contribution in [0.2, 0.25) is 0 Å². The average molecular weight is 270 g/mol. The minimum Gasteiger partial charge on any atom is -0.459 e. The topological polar surface area (TPSA) is 38.7 Å². The molecule has 0 atom stereocenters. The first-order valence-corrected chi connectivity index (χ1v) is 5.37. The van der Waals surface area contributed by atoms with Gasteiger partial charge in [-0.05, 0) is 38.1 Å². The lowest BCUT2D eigenvalue weighted by atomic mass is 10.3. The Morgan fingerprint density at radius 3 is 2.53 bits per heavy atom. The van der Waals surface area contributed by atoms with Gasteiger partial charge in [-0.25, -0.2) is 9.79 Å². The number of nitrogens with zero attached hydrogens (tertiary/aromatic N) is 1. The average Bonchev–Trinajstić information content (AvgIpc) is 2.16. The zero-order valence-corrected chi connectivity index (χ0v) is 10.2. The lowest BCUT2D eigenvalue weighted by molar-refractivity contribution is -0.138. The summed E-state index contributed by atoms with van der Waals surface area (Å²) in [6.45, 7) is 3.59. The molecule has 0 saturated carbocycles. The number of benzene rings is 1. The second-order valence-corrected chi connectivity index (χ2v) is 4.14. The Hall–Kier alpha value is -1.16. The van der Waals surface area contributed by atoms with Crippen LogP contribution < -0.4 is 0 Å². The van der Waals surface area contributed by atoms with E-state index in [9.17, 15) is 4.79 Å². The highest BCUT2D eigenvalue weighted by Crippen LogP contribution is 2.16. The van der Waals surface area contributed by atoms with Gasteiger partial charge in [0, 0.05) is 4.47 Å². The number of carbonyl (C=O) groups is 1. The SMILES string of the molecule is CC(C)OC(=O)C=Nc1ccc(Br)cc1. The molecule has 0 bridgehead atoms. The summed E-state index contributed by atoms with van der Waals surface area (Å²) in [6, 6.07) is 7.34. The van der Waals surface area contributed by atoms with E-state index in [1.807, 2.05) is 24.3 Å². The largest absolute Gasteiger partial charge is 0.459 e. The number of ether oxygens (including phenoxy) is 1. The second-order valence-electron chi connectivity index (χ2n) is 3.22. The predicted octanol–water partition coefficient (Wildman–Crippen LogP) is 3.10. The molecule has 3 nitrogen and oxygen atoms in total. The van der Waals surface area contributed by atoms with E-state index < -0.39 is 5.97 Å². The van der Waals surface area contributed by atoms with Crippen LogP contribution in [-0.4, -0.2) is 18.3 Å². The summed E-state index contributed by atoms with van der Waals surface area (Å²) in [7, 11) is 0. The molecule has 0 aliphatic rings. The van der Waals surface area contributed by atoms with Crippen LogP contribution in [0.3, 0.4) is 0 Å². The van der Waals surface area contributed by atoms with Gasteiger partial charge in [0.1, 0.15) is 6.21 Å². The third-order valence-corrected chi connectivity index (χ3v) is 2.03.